The lowest BCUT2D eigenvalue weighted by Gasteiger charge is -2.11. The quantitative estimate of drug-likeness (QED) is 0.656. The molecular formula is C9H14N2O. The van der Waals surface area contributed by atoms with Gasteiger partial charge in [0.1, 0.15) is 0 Å². The predicted molar refractivity (Wildman–Crippen MR) is 51.7 cm³/mol. The third kappa shape index (κ3) is 1.30. The normalized spacial score (nSPS) is 9.58. The van der Waals surface area contributed by atoms with Gasteiger partial charge in [0.15, 0.2) is 5.75 Å². The summed E-state index contributed by atoms with van der Waals surface area (Å²) in [7, 11) is 3.46. The van der Waals surface area contributed by atoms with Crippen molar-refractivity contribution in [3.63, 3.8) is 0 Å². The number of nitrogen functional groups attached to an aromatic ring is 1. The fourth-order valence-electron chi connectivity index (χ4n) is 1.11. The summed E-state index contributed by atoms with van der Waals surface area (Å²) in [5, 5.41) is 3.01. The maximum absolute atomic E-state index is 5.80. The maximum Gasteiger partial charge on any atom is 0.165 e. The fourth-order valence-corrected chi connectivity index (χ4v) is 1.11. The molecule has 0 bridgehead atoms. The van der Waals surface area contributed by atoms with Gasteiger partial charge >= 0.3 is 0 Å². The SMILES string of the molecule is CNc1ccc(C)c(N)c1OC. The molecule has 0 saturated heterocycles. The number of methoxy groups -OCH3 is 1. The average Bonchev–Trinajstić information content (AvgIpc) is 2.09. The van der Waals surface area contributed by atoms with E-state index in [0.29, 0.717) is 5.69 Å². The monoisotopic (exact) mass is 166 g/mol. The van der Waals surface area contributed by atoms with Crippen LogP contribution in [0, 0.1) is 6.92 Å². The molecule has 0 aliphatic heterocycles. The van der Waals surface area contributed by atoms with E-state index in [1.165, 1.54) is 0 Å². The summed E-state index contributed by atoms with van der Waals surface area (Å²) in [4.78, 5) is 0. The Labute approximate surface area is 72.5 Å². The molecule has 66 valence electrons. The van der Waals surface area contributed by atoms with Crippen molar-refractivity contribution in [2.45, 2.75) is 6.92 Å². The van der Waals surface area contributed by atoms with E-state index in [2.05, 4.69) is 5.32 Å². The van der Waals surface area contributed by atoms with Crippen LogP contribution in [0.1, 0.15) is 5.56 Å². The lowest BCUT2D eigenvalue weighted by atomic mass is 10.1. The Kier molecular flexibility index (Phi) is 2.43. The van der Waals surface area contributed by atoms with Crippen LogP contribution in [0.5, 0.6) is 5.75 Å². The van der Waals surface area contributed by atoms with Gasteiger partial charge in [0.2, 0.25) is 0 Å². The Morgan fingerprint density at radius 1 is 1.42 bits per heavy atom. The summed E-state index contributed by atoms with van der Waals surface area (Å²) in [5.74, 6) is 0.720. The molecule has 0 heterocycles. The number of anilines is 2. The molecule has 0 aliphatic rings. The van der Waals surface area contributed by atoms with E-state index in [-0.39, 0.29) is 0 Å². The molecule has 0 amide bonds. The molecule has 0 spiro atoms. The van der Waals surface area contributed by atoms with Crippen molar-refractivity contribution in [1.29, 1.82) is 0 Å². The van der Waals surface area contributed by atoms with Crippen LogP contribution >= 0.6 is 0 Å². The van der Waals surface area contributed by atoms with Crippen molar-refractivity contribution in [3.8, 4) is 5.75 Å². The van der Waals surface area contributed by atoms with Crippen molar-refractivity contribution in [3.05, 3.63) is 17.7 Å². The Hall–Kier alpha value is -1.38. The highest BCUT2D eigenvalue weighted by Crippen LogP contribution is 2.32. The third-order valence-corrected chi connectivity index (χ3v) is 1.89. The summed E-state index contributed by atoms with van der Waals surface area (Å²) in [6.45, 7) is 1.96. The van der Waals surface area contributed by atoms with Crippen LogP contribution in [-0.4, -0.2) is 14.2 Å². The van der Waals surface area contributed by atoms with Crippen LogP contribution in [0.15, 0.2) is 12.1 Å². The molecule has 0 saturated carbocycles. The van der Waals surface area contributed by atoms with E-state index < -0.39 is 0 Å². The number of benzene rings is 1. The molecule has 3 heteroatoms. The van der Waals surface area contributed by atoms with E-state index in [1.807, 2.05) is 26.1 Å². The van der Waals surface area contributed by atoms with E-state index >= 15 is 0 Å². The summed E-state index contributed by atoms with van der Waals surface area (Å²) >= 11 is 0. The molecule has 12 heavy (non-hydrogen) atoms. The fraction of sp³-hybridized carbons (Fsp3) is 0.333. The average molecular weight is 166 g/mol. The number of rotatable bonds is 2. The van der Waals surface area contributed by atoms with Gasteiger partial charge in [0.25, 0.3) is 0 Å². The van der Waals surface area contributed by atoms with E-state index in [4.69, 9.17) is 10.5 Å². The number of nitrogens with two attached hydrogens (primary N) is 1. The first kappa shape index (κ1) is 8.71. The minimum Gasteiger partial charge on any atom is -0.492 e. The van der Waals surface area contributed by atoms with Crippen LogP contribution in [0.25, 0.3) is 0 Å². The topological polar surface area (TPSA) is 47.3 Å². The molecule has 0 fully saturated rings. The lowest BCUT2D eigenvalue weighted by molar-refractivity contribution is 0.418. The smallest absolute Gasteiger partial charge is 0.165 e. The van der Waals surface area contributed by atoms with Crippen LogP contribution in [0.3, 0.4) is 0 Å². The van der Waals surface area contributed by atoms with Crippen LogP contribution in [0.4, 0.5) is 11.4 Å². The second-order valence-electron chi connectivity index (χ2n) is 2.63. The van der Waals surface area contributed by atoms with Crippen molar-refractivity contribution in [1.82, 2.24) is 0 Å². The first-order valence-electron chi connectivity index (χ1n) is 3.81. The van der Waals surface area contributed by atoms with E-state index in [0.717, 1.165) is 17.0 Å². The summed E-state index contributed by atoms with van der Waals surface area (Å²) in [6.07, 6.45) is 0. The number of aryl methyl sites for hydroxylation is 1. The first-order valence-corrected chi connectivity index (χ1v) is 3.81. The molecule has 0 aliphatic carbocycles. The van der Waals surface area contributed by atoms with Crippen molar-refractivity contribution in [2.75, 3.05) is 25.2 Å². The molecule has 0 atom stereocenters. The zero-order chi connectivity index (χ0) is 9.14. The van der Waals surface area contributed by atoms with Crippen LogP contribution in [0.2, 0.25) is 0 Å². The summed E-state index contributed by atoms with van der Waals surface area (Å²) in [5.41, 5.74) is 8.45. The van der Waals surface area contributed by atoms with Gasteiger partial charge in [-0.1, -0.05) is 6.07 Å². The Morgan fingerprint density at radius 2 is 2.08 bits per heavy atom. The molecule has 3 nitrogen and oxygen atoms in total. The lowest BCUT2D eigenvalue weighted by Crippen LogP contribution is -1.99. The van der Waals surface area contributed by atoms with Crippen molar-refractivity contribution < 1.29 is 4.74 Å². The number of nitrogens with one attached hydrogen (secondary N) is 1. The van der Waals surface area contributed by atoms with Gasteiger partial charge in [-0.25, -0.2) is 0 Å². The minimum atomic E-state index is 0.698. The Morgan fingerprint density at radius 3 is 2.58 bits per heavy atom. The number of hydrogen-bond donors (Lipinski definition) is 2. The molecule has 0 unspecified atom stereocenters. The van der Waals surface area contributed by atoms with Gasteiger partial charge in [0, 0.05) is 7.05 Å². The van der Waals surface area contributed by atoms with Crippen LogP contribution in [-0.2, 0) is 0 Å². The zero-order valence-corrected chi connectivity index (χ0v) is 7.64. The molecular weight excluding hydrogens is 152 g/mol. The van der Waals surface area contributed by atoms with Gasteiger partial charge in [-0.05, 0) is 18.6 Å². The van der Waals surface area contributed by atoms with E-state index in [9.17, 15) is 0 Å². The molecule has 0 radical (unpaired) electrons. The largest absolute Gasteiger partial charge is 0.492 e. The van der Waals surface area contributed by atoms with Crippen LogP contribution < -0.4 is 15.8 Å². The second-order valence-corrected chi connectivity index (χ2v) is 2.63. The zero-order valence-electron chi connectivity index (χ0n) is 7.64. The maximum atomic E-state index is 5.80. The number of ether oxygens (including phenoxy) is 1. The third-order valence-electron chi connectivity index (χ3n) is 1.89. The van der Waals surface area contributed by atoms with Gasteiger partial charge in [-0.15, -0.1) is 0 Å². The number of hydrogen-bond acceptors (Lipinski definition) is 3. The Balaban J connectivity index is 3.25. The molecule has 1 aromatic rings. The highest BCUT2D eigenvalue weighted by Gasteiger charge is 2.06. The summed E-state index contributed by atoms with van der Waals surface area (Å²) < 4.78 is 5.16. The highest BCUT2D eigenvalue weighted by atomic mass is 16.5. The second kappa shape index (κ2) is 3.34. The van der Waals surface area contributed by atoms with Gasteiger partial charge in [-0.3, -0.25) is 0 Å². The molecule has 1 aromatic carbocycles. The minimum absolute atomic E-state index is 0.698. The predicted octanol–water partition coefficient (Wildman–Crippen LogP) is 1.63. The van der Waals surface area contributed by atoms with E-state index in [1.54, 1.807) is 7.11 Å². The van der Waals surface area contributed by atoms with Gasteiger partial charge in [-0.2, -0.15) is 0 Å². The van der Waals surface area contributed by atoms with Gasteiger partial charge in [0.05, 0.1) is 18.5 Å². The van der Waals surface area contributed by atoms with Crippen molar-refractivity contribution >= 4 is 11.4 Å². The Bertz CT molecular complexity index is 284. The van der Waals surface area contributed by atoms with Crippen molar-refractivity contribution in [2.24, 2.45) is 0 Å². The standard InChI is InChI=1S/C9H14N2O/c1-6-4-5-7(11-2)9(12-3)8(6)10/h4-5,11H,10H2,1-3H3. The molecule has 0 aromatic heterocycles. The van der Waals surface area contributed by atoms with Gasteiger partial charge < -0.3 is 15.8 Å². The molecule has 1 rings (SSSR count). The molecule has 3 N–H and O–H groups in total. The highest BCUT2D eigenvalue weighted by molar-refractivity contribution is 5.71. The first-order chi connectivity index (χ1) is 5.70. The summed E-state index contributed by atoms with van der Waals surface area (Å²) in [6, 6.07) is 3.91.